The van der Waals surface area contributed by atoms with Crippen LogP contribution in [0.2, 0.25) is 0 Å². The molecule has 104 valence electrons. The lowest BCUT2D eigenvalue weighted by molar-refractivity contribution is 0.0213. The topological polar surface area (TPSA) is 44.8 Å². The lowest BCUT2D eigenvalue weighted by Crippen LogP contribution is -2.13. The largest absolute Gasteiger partial charge is 0.460 e. The highest BCUT2D eigenvalue weighted by molar-refractivity contribution is 5.90. The van der Waals surface area contributed by atoms with Gasteiger partial charge in [-0.1, -0.05) is 11.8 Å². The zero-order chi connectivity index (χ0) is 14.8. The third kappa shape index (κ3) is 5.16. The normalized spacial score (nSPS) is 9.55. The van der Waals surface area contributed by atoms with Crippen LogP contribution < -0.4 is 0 Å². The molecule has 0 unspecified atom stereocenters. The van der Waals surface area contributed by atoms with Gasteiger partial charge in [0.25, 0.3) is 0 Å². The Labute approximate surface area is 119 Å². The Morgan fingerprint density at radius 3 is 2.20 bits per heavy atom. The lowest BCUT2D eigenvalue weighted by Gasteiger charge is -2.07. The number of carbonyl (C=O) groups is 1. The van der Waals surface area contributed by atoms with Gasteiger partial charge < -0.3 is 14.2 Å². The van der Waals surface area contributed by atoms with Crippen molar-refractivity contribution < 1.29 is 19.0 Å². The van der Waals surface area contributed by atoms with Gasteiger partial charge in [0.1, 0.15) is 6.61 Å². The van der Waals surface area contributed by atoms with Crippen LogP contribution in [0.25, 0.3) is 0 Å². The molecular weight excluding hydrogens is 256 g/mol. The third-order valence-corrected chi connectivity index (χ3v) is 2.39. The number of hydrogen-bond donors (Lipinski definition) is 0. The van der Waals surface area contributed by atoms with Crippen molar-refractivity contribution in [3.05, 3.63) is 34.9 Å². The molecule has 4 nitrogen and oxygen atoms in total. The fourth-order valence-electron chi connectivity index (χ4n) is 1.43. The van der Waals surface area contributed by atoms with Gasteiger partial charge >= 0.3 is 5.97 Å². The maximum absolute atomic E-state index is 11.8. The average molecular weight is 272 g/mol. The SMILES string of the molecule is C#Cc1cc(C#C)cc(C(=O)OCCOCCOC)c1. The summed E-state index contributed by atoms with van der Waals surface area (Å²) in [7, 11) is 1.59. The number of ether oxygens (including phenoxy) is 3. The molecule has 0 aliphatic carbocycles. The van der Waals surface area contributed by atoms with Crippen LogP contribution in [-0.2, 0) is 14.2 Å². The lowest BCUT2D eigenvalue weighted by atomic mass is 10.1. The van der Waals surface area contributed by atoms with Gasteiger partial charge in [0.2, 0.25) is 0 Å². The van der Waals surface area contributed by atoms with Crippen molar-refractivity contribution in [2.45, 2.75) is 0 Å². The molecule has 0 aliphatic rings. The van der Waals surface area contributed by atoms with Gasteiger partial charge in [-0.3, -0.25) is 0 Å². The first-order chi connectivity index (χ1) is 9.71. The molecule has 4 heteroatoms. The van der Waals surface area contributed by atoms with Crippen LogP contribution in [0.1, 0.15) is 21.5 Å². The van der Waals surface area contributed by atoms with Crippen molar-refractivity contribution >= 4 is 5.97 Å². The Kier molecular flexibility index (Phi) is 6.92. The van der Waals surface area contributed by atoms with Gasteiger partial charge in [-0.15, -0.1) is 12.8 Å². The highest BCUT2D eigenvalue weighted by Gasteiger charge is 2.09. The molecule has 0 N–H and O–H groups in total. The highest BCUT2D eigenvalue weighted by Crippen LogP contribution is 2.10. The summed E-state index contributed by atoms with van der Waals surface area (Å²) in [6.07, 6.45) is 10.6. The van der Waals surface area contributed by atoms with Crippen LogP contribution in [0.3, 0.4) is 0 Å². The Balaban J connectivity index is 2.52. The summed E-state index contributed by atoms with van der Waals surface area (Å²) in [6.45, 7) is 1.44. The summed E-state index contributed by atoms with van der Waals surface area (Å²) >= 11 is 0. The second-order valence-electron chi connectivity index (χ2n) is 3.83. The zero-order valence-electron chi connectivity index (χ0n) is 11.3. The second-order valence-corrected chi connectivity index (χ2v) is 3.83. The number of rotatable bonds is 7. The quantitative estimate of drug-likeness (QED) is 0.428. The third-order valence-electron chi connectivity index (χ3n) is 2.39. The Hall–Kier alpha value is -2.27. The van der Waals surface area contributed by atoms with E-state index in [0.29, 0.717) is 36.5 Å². The standard InChI is InChI=1S/C16H16O4/c1-4-13-10-14(5-2)12-15(11-13)16(17)20-9-8-19-7-6-18-3/h1-2,10-12H,6-9H2,3H3. The van der Waals surface area contributed by atoms with E-state index >= 15 is 0 Å². The molecule has 1 aromatic rings. The van der Waals surface area contributed by atoms with Crippen molar-refractivity contribution in [2.24, 2.45) is 0 Å². The van der Waals surface area contributed by atoms with Crippen molar-refractivity contribution in [1.29, 1.82) is 0 Å². The van der Waals surface area contributed by atoms with E-state index in [1.807, 2.05) is 0 Å². The van der Waals surface area contributed by atoms with E-state index in [0.717, 1.165) is 0 Å². The van der Waals surface area contributed by atoms with Gasteiger partial charge in [-0.25, -0.2) is 4.79 Å². The maximum Gasteiger partial charge on any atom is 0.338 e. The second kappa shape index (κ2) is 8.77. The van der Waals surface area contributed by atoms with Gasteiger partial charge in [0.05, 0.1) is 25.4 Å². The number of carbonyl (C=O) groups excluding carboxylic acids is 1. The fourth-order valence-corrected chi connectivity index (χ4v) is 1.43. The van der Waals surface area contributed by atoms with E-state index < -0.39 is 5.97 Å². The molecule has 20 heavy (non-hydrogen) atoms. The van der Waals surface area contributed by atoms with Crippen LogP contribution in [0.15, 0.2) is 18.2 Å². The molecule has 0 saturated carbocycles. The molecule has 0 aliphatic heterocycles. The molecule has 0 bridgehead atoms. The smallest absolute Gasteiger partial charge is 0.338 e. The highest BCUT2D eigenvalue weighted by atomic mass is 16.6. The Morgan fingerprint density at radius 1 is 1.05 bits per heavy atom. The minimum absolute atomic E-state index is 0.161. The minimum atomic E-state index is -0.478. The first-order valence-electron chi connectivity index (χ1n) is 6.03. The predicted molar refractivity (Wildman–Crippen MR) is 75.3 cm³/mol. The molecule has 0 amide bonds. The van der Waals surface area contributed by atoms with E-state index in [9.17, 15) is 4.79 Å². The van der Waals surface area contributed by atoms with Gasteiger partial charge in [0, 0.05) is 18.2 Å². The van der Waals surface area contributed by atoms with Crippen molar-refractivity contribution in [3.8, 4) is 24.7 Å². The van der Waals surface area contributed by atoms with Crippen LogP contribution in [0.5, 0.6) is 0 Å². The summed E-state index contributed by atoms with van der Waals surface area (Å²) in [5.74, 6) is 4.41. The van der Waals surface area contributed by atoms with Gasteiger partial charge in [0.15, 0.2) is 0 Å². The molecule has 0 aromatic heterocycles. The van der Waals surface area contributed by atoms with E-state index in [2.05, 4.69) is 11.8 Å². The van der Waals surface area contributed by atoms with E-state index in [1.165, 1.54) is 0 Å². The summed E-state index contributed by atoms with van der Waals surface area (Å²) < 4.78 is 15.1. The molecule has 0 atom stereocenters. The zero-order valence-corrected chi connectivity index (χ0v) is 11.3. The molecule has 0 heterocycles. The molecule has 0 fully saturated rings. The fraction of sp³-hybridized carbons (Fsp3) is 0.312. The van der Waals surface area contributed by atoms with Gasteiger partial charge in [-0.2, -0.15) is 0 Å². The van der Waals surface area contributed by atoms with Gasteiger partial charge in [-0.05, 0) is 18.2 Å². The van der Waals surface area contributed by atoms with Crippen LogP contribution in [0, 0.1) is 24.7 Å². The summed E-state index contributed by atoms with van der Waals surface area (Å²) in [5.41, 5.74) is 1.43. The molecule has 1 aromatic carbocycles. The first kappa shape index (κ1) is 15.8. The van der Waals surface area contributed by atoms with E-state index in [-0.39, 0.29) is 6.61 Å². The van der Waals surface area contributed by atoms with E-state index in [4.69, 9.17) is 27.1 Å². The van der Waals surface area contributed by atoms with Crippen molar-refractivity contribution in [2.75, 3.05) is 33.5 Å². The number of terminal acetylenes is 2. The summed E-state index contributed by atoms with van der Waals surface area (Å²) in [5, 5.41) is 0. The molecule has 0 spiro atoms. The number of benzene rings is 1. The van der Waals surface area contributed by atoms with Crippen LogP contribution in [-0.4, -0.2) is 39.5 Å². The Bertz CT molecular complexity index is 502. The number of esters is 1. The summed E-state index contributed by atoms with van der Waals surface area (Å²) in [6, 6.07) is 4.79. The first-order valence-corrected chi connectivity index (χ1v) is 6.03. The summed E-state index contributed by atoms with van der Waals surface area (Å²) in [4.78, 5) is 11.8. The molecule has 0 saturated heterocycles. The van der Waals surface area contributed by atoms with Crippen molar-refractivity contribution in [3.63, 3.8) is 0 Å². The molecule has 0 radical (unpaired) electrons. The molecular formula is C16H16O4. The Morgan fingerprint density at radius 2 is 1.65 bits per heavy atom. The monoisotopic (exact) mass is 272 g/mol. The van der Waals surface area contributed by atoms with E-state index in [1.54, 1.807) is 25.3 Å². The van der Waals surface area contributed by atoms with Crippen LogP contribution >= 0.6 is 0 Å². The van der Waals surface area contributed by atoms with Crippen LogP contribution in [0.4, 0.5) is 0 Å². The number of methoxy groups -OCH3 is 1. The minimum Gasteiger partial charge on any atom is -0.460 e. The predicted octanol–water partition coefficient (Wildman–Crippen LogP) is 1.47. The molecule has 1 rings (SSSR count). The average Bonchev–Trinajstić information content (AvgIpc) is 2.49. The maximum atomic E-state index is 11.8. The van der Waals surface area contributed by atoms with Crippen molar-refractivity contribution in [1.82, 2.24) is 0 Å². The number of hydrogen-bond acceptors (Lipinski definition) is 4.